The van der Waals surface area contributed by atoms with Crippen molar-refractivity contribution >= 4 is 35.8 Å². The zero-order chi connectivity index (χ0) is 20.9. The maximum absolute atomic E-state index is 5.85. The topological polar surface area (TPSA) is 71.0 Å². The summed E-state index contributed by atoms with van der Waals surface area (Å²) in [4.78, 5) is 11.7. The molecule has 2 saturated heterocycles. The number of guanidine groups is 1. The van der Waals surface area contributed by atoms with Crippen LogP contribution in [0.1, 0.15) is 51.0 Å². The predicted octanol–water partition coefficient (Wildman–Crippen LogP) is 3.58. The van der Waals surface area contributed by atoms with Gasteiger partial charge in [0.15, 0.2) is 5.96 Å². The minimum absolute atomic E-state index is 0. The predicted molar refractivity (Wildman–Crippen MR) is 138 cm³/mol. The Hall–Kier alpha value is -1.13. The summed E-state index contributed by atoms with van der Waals surface area (Å²) in [5.74, 6) is 2.61. The van der Waals surface area contributed by atoms with E-state index in [0.717, 1.165) is 83.6 Å². The second kappa shape index (κ2) is 15.6. The van der Waals surface area contributed by atoms with Crippen LogP contribution in [0.5, 0.6) is 0 Å². The van der Waals surface area contributed by atoms with E-state index in [0.29, 0.717) is 12.5 Å². The van der Waals surface area contributed by atoms with Crippen LogP contribution in [0.2, 0.25) is 0 Å². The Morgan fingerprint density at radius 3 is 2.81 bits per heavy atom. The Bertz CT molecular complexity index is 634. The second-order valence-electron chi connectivity index (χ2n) is 8.18. The molecule has 0 spiro atoms. The molecule has 2 aliphatic rings. The van der Waals surface area contributed by atoms with E-state index in [1.54, 1.807) is 0 Å². The number of anilines is 1. The Kier molecular flexibility index (Phi) is 13.2. The molecule has 0 amide bonds. The molecule has 0 atom stereocenters. The van der Waals surface area contributed by atoms with Gasteiger partial charge in [0.05, 0.1) is 6.54 Å². The highest BCUT2D eigenvalue weighted by atomic mass is 127. The molecule has 0 aliphatic carbocycles. The van der Waals surface area contributed by atoms with Gasteiger partial charge >= 0.3 is 0 Å². The molecular weight excluding hydrogens is 505 g/mol. The number of pyridine rings is 1. The molecule has 2 N–H and O–H groups in total. The molecule has 0 saturated carbocycles. The molecule has 3 rings (SSSR count). The first kappa shape index (κ1) is 26.1. The maximum atomic E-state index is 5.85. The van der Waals surface area contributed by atoms with Crippen molar-refractivity contribution in [3.05, 3.63) is 23.9 Å². The fraction of sp³-hybridized carbons (Fsp3) is 0.739. The minimum Gasteiger partial charge on any atom is -0.381 e. The first-order valence-electron chi connectivity index (χ1n) is 11.7. The zero-order valence-corrected chi connectivity index (χ0v) is 21.3. The van der Waals surface area contributed by atoms with Crippen LogP contribution in [0.3, 0.4) is 0 Å². The molecule has 3 heterocycles. The van der Waals surface area contributed by atoms with Crippen molar-refractivity contribution in [3.63, 3.8) is 0 Å². The lowest BCUT2D eigenvalue weighted by Crippen LogP contribution is -2.38. The number of rotatable bonds is 10. The first-order chi connectivity index (χ1) is 14.8. The zero-order valence-electron chi connectivity index (χ0n) is 19.0. The molecule has 2 fully saturated rings. The van der Waals surface area contributed by atoms with Crippen LogP contribution in [0.25, 0.3) is 0 Å². The van der Waals surface area contributed by atoms with Crippen molar-refractivity contribution in [3.8, 4) is 0 Å². The van der Waals surface area contributed by atoms with Gasteiger partial charge in [-0.15, -0.1) is 24.0 Å². The number of hydrogen-bond donors (Lipinski definition) is 2. The fourth-order valence-electron chi connectivity index (χ4n) is 3.91. The van der Waals surface area contributed by atoms with E-state index < -0.39 is 0 Å². The van der Waals surface area contributed by atoms with E-state index >= 15 is 0 Å². The maximum Gasteiger partial charge on any atom is 0.191 e. The van der Waals surface area contributed by atoms with Gasteiger partial charge in [0, 0.05) is 58.8 Å². The van der Waals surface area contributed by atoms with Gasteiger partial charge in [0.25, 0.3) is 0 Å². The Morgan fingerprint density at radius 1 is 1.23 bits per heavy atom. The van der Waals surface area contributed by atoms with Crippen molar-refractivity contribution in [2.75, 3.05) is 57.5 Å². The quantitative estimate of drug-likeness (QED) is 0.203. The third-order valence-electron chi connectivity index (χ3n) is 5.71. The van der Waals surface area contributed by atoms with Gasteiger partial charge in [-0.25, -0.2) is 9.98 Å². The third kappa shape index (κ3) is 9.91. The molecular formula is C23H40IN5O2. The Morgan fingerprint density at radius 2 is 2.03 bits per heavy atom. The average molecular weight is 546 g/mol. The molecule has 0 bridgehead atoms. The highest BCUT2D eigenvalue weighted by Crippen LogP contribution is 2.18. The monoisotopic (exact) mass is 545 g/mol. The summed E-state index contributed by atoms with van der Waals surface area (Å²) < 4.78 is 11.2. The third-order valence-corrected chi connectivity index (χ3v) is 5.71. The van der Waals surface area contributed by atoms with Crippen LogP contribution in [0, 0.1) is 5.92 Å². The Balaban J connectivity index is 0.00000341. The molecule has 8 heteroatoms. The lowest BCUT2D eigenvalue weighted by Gasteiger charge is -2.27. The van der Waals surface area contributed by atoms with E-state index in [1.807, 2.05) is 6.20 Å². The fourth-order valence-corrected chi connectivity index (χ4v) is 3.91. The number of halogens is 1. The minimum atomic E-state index is 0. The Labute approximate surface area is 204 Å². The van der Waals surface area contributed by atoms with Crippen molar-refractivity contribution in [1.82, 2.24) is 15.6 Å². The van der Waals surface area contributed by atoms with E-state index in [9.17, 15) is 0 Å². The number of hydrogen-bond acceptors (Lipinski definition) is 5. The summed E-state index contributed by atoms with van der Waals surface area (Å²) in [7, 11) is 0. The van der Waals surface area contributed by atoms with Crippen LogP contribution in [-0.4, -0.2) is 63.6 Å². The van der Waals surface area contributed by atoms with Crippen molar-refractivity contribution < 1.29 is 9.47 Å². The normalized spacial score (nSPS) is 17.8. The largest absolute Gasteiger partial charge is 0.381 e. The van der Waals surface area contributed by atoms with Gasteiger partial charge in [-0.1, -0.05) is 0 Å². The summed E-state index contributed by atoms with van der Waals surface area (Å²) in [5, 5.41) is 6.75. The number of piperidine rings is 1. The highest BCUT2D eigenvalue weighted by molar-refractivity contribution is 14.0. The summed E-state index contributed by atoms with van der Waals surface area (Å²) in [5.41, 5.74) is 1.20. The highest BCUT2D eigenvalue weighted by Gasteiger charge is 2.14. The number of nitrogens with zero attached hydrogens (tertiary/aromatic N) is 3. The van der Waals surface area contributed by atoms with E-state index in [1.165, 1.54) is 24.8 Å². The molecule has 1 aromatic rings. The van der Waals surface area contributed by atoms with Crippen molar-refractivity contribution in [2.24, 2.45) is 10.9 Å². The van der Waals surface area contributed by atoms with Gasteiger partial charge in [-0.3, -0.25) is 0 Å². The molecule has 0 aromatic carbocycles. The van der Waals surface area contributed by atoms with Gasteiger partial charge in [0.2, 0.25) is 0 Å². The molecule has 0 radical (unpaired) electrons. The van der Waals surface area contributed by atoms with Gasteiger partial charge < -0.3 is 25.0 Å². The van der Waals surface area contributed by atoms with Crippen LogP contribution in [0.4, 0.5) is 5.82 Å². The van der Waals surface area contributed by atoms with Crippen molar-refractivity contribution in [1.29, 1.82) is 0 Å². The number of aliphatic imine (C=N–C) groups is 1. The van der Waals surface area contributed by atoms with Gasteiger partial charge in [-0.05, 0) is 69.1 Å². The first-order valence-corrected chi connectivity index (χ1v) is 11.7. The van der Waals surface area contributed by atoms with Crippen LogP contribution >= 0.6 is 24.0 Å². The summed E-state index contributed by atoms with van der Waals surface area (Å²) in [6.07, 6.45) is 8.99. The summed E-state index contributed by atoms with van der Waals surface area (Å²) >= 11 is 0. The number of nitrogens with one attached hydrogen (secondary N) is 2. The second-order valence-corrected chi connectivity index (χ2v) is 8.18. The molecule has 31 heavy (non-hydrogen) atoms. The van der Waals surface area contributed by atoms with Crippen LogP contribution in [0.15, 0.2) is 23.3 Å². The molecule has 7 nitrogen and oxygen atoms in total. The lowest BCUT2D eigenvalue weighted by atomic mass is 10.0. The molecule has 176 valence electrons. The standard InChI is InChI=1S/C23H39N5O2.HI/c1-2-24-23(26-10-6-14-30-19-20-8-15-29-16-9-20)27-18-21-7-11-25-22(17-21)28-12-4-3-5-13-28;/h7,11,17,20H,2-6,8-10,12-16,18-19H2,1H3,(H2,24,26,27);1H. The number of aromatic nitrogens is 1. The molecule has 2 aliphatic heterocycles. The SMILES string of the molecule is CCNC(=NCc1ccnc(N2CCCCC2)c1)NCCCOCC1CCOCC1.I. The number of ether oxygens (including phenoxy) is 2. The summed E-state index contributed by atoms with van der Waals surface area (Å²) in [6.45, 7) is 10.1. The lowest BCUT2D eigenvalue weighted by molar-refractivity contribution is 0.0203. The molecule has 1 aromatic heterocycles. The van der Waals surface area contributed by atoms with Crippen molar-refractivity contribution in [2.45, 2.75) is 52.0 Å². The molecule has 0 unspecified atom stereocenters. The smallest absolute Gasteiger partial charge is 0.191 e. The van der Waals surface area contributed by atoms with E-state index in [2.05, 4.69) is 39.6 Å². The van der Waals surface area contributed by atoms with Gasteiger partial charge in [0.1, 0.15) is 5.82 Å². The van der Waals surface area contributed by atoms with E-state index in [4.69, 9.17) is 14.5 Å². The van der Waals surface area contributed by atoms with E-state index in [-0.39, 0.29) is 24.0 Å². The van der Waals surface area contributed by atoms with Gasteiger partial charge in [-0.2, -0.15) is 0 Å². The summed E-state index contributed by atoms with van der Waals surface area (Å²) in [6, 6.07) is 4.24. The van der Waals surface area contributed by atoms with Crippen LogP contribution in [-0.2, 0) is 16.0 Å². The van der Waals surface area contributed by atoms with Crippen LogP contribution < -0.4 is 15.5 Å². The average Bonchev–Trinajstić information content (AvgIpc) is 2.81.